The number of para-hydroxylation sites is 2. The van der Waals surface area contributed by atoms with Gasteiger partial charge in [-0.3, -0.25) is 4.79 Å². The number of hydrogen-bond donors (Lipinski definition) is 2. The summed E-state index contributed by atoms with van der Waals surface area (Å²) in [4.78, 5) is 13.2. The SMILES string of the molecule is CSc1ccccc1NC(=O)CSc1nnc(Nc2ccccc2)s1. The maximum atomic E-state index is 12.2. The van der Waals surface area contributed by atoms with Gasteiger partial charge in [0, 0.05) is 10.6 Å². The van der Waals surface area contributed by atoms with Gasteiger partial charge in [-0.25, -0.2) is 0 Å². The molecule has 8 heteroatoms. The summed E-state index contributed by atoms with van der Waals surface area (Å²) in [6, 6.07) is 17.6. The lowest BCUT2D eigenvalue weighted by Crippen LogP contribution is -2.14. The number of nitrogens with one attached hydrogen (secondary N) is 2. The minimum Gasteiger partial charge on any atom is -0.330 e. The number of thioether (sulfide) groups is 2. The smallest absolute Gasteiger partial charge is 0.234 e. The Balaban J connectivity index is 1.52. The molecule has 3 rings (SSSR count). The molecule has 0 atom stereocenters. The van der Waals surface area contributed by atoms with Gasteiger partial charge in [0.25, 0.3) is 0 Å². The molecule has 1 heterocycles. The summed E-state index contributed by atoms with van der Waals surface area (Å²) in [6.07, 6.45) is 1.99. The molecule has 0 unspecified atom stereocenters. The number of nitrogens with zero attached hydrogens (tertiary/aromatic N) is 2. The number of benzene rings is 2. The van der Waals surface area contributed by atoms with Gasteiger partial charge in [-0.2, -0.15) is 0 Å². The normalized spacial score (nSPS) is 10.4. The first kappa shape index (κ1) is 17.8. The van der Waals surface area contributed by atoms with Crippen molar-refractivity contribution in [3.8, 4) is 0 Å². The van der Waals surface area contributed by atoms with Crippen molar-refractivity contribution in [2.24, 2.45) is 0 Å². The van der Waals surface area contributed by atoms with E-state index < -0.39 is 0 Å². The van der Waals surface area contributed by atoms with Crippen molar-refractivity contribution in [2.75, 3.05) is 22.6 Å². The van der Waals surface area contributed by atoms with Crippen molar-refractivity contribution in [2.45, 2.75) is 9.24 Å². The van der Waals surface area contributed by atoms with Crippen LogP contribution in [0.15, 0.2) is 63.8 Å². The fourth-order valence-corrected chi connectivity index (χ4v) is 4.15. The van der Waals surface area contributed by atoms with Crippen LogP contribution in [0, 0.1) is 0 Å². The van der Waals surface area contributed by atoms with E-state index in [9.17, 15) is 4.79 Å². The van der Waals surface area contributed by atoms with Gasteiger partial charge in [0.2, 0.25) is 11.0 Å². The van der Waals surface area contributed by atoms with Crippen LogP contribution in [0.1, 0.15) is 0 Å². The van der Waals surface area contributed by atoms with E-state index >= 15 is 0 Å². The van der Waals surface area contributed by atoms with Crippen molar-refractivity contribution in [1.29, 1.82) is 0 Å². The highest BCUT2D eigenvalue weighted by molar-refractivity contribution is 8.01. The zero-order chi connectivity index (χ0) is 17.5. The molecule has 0 aliphatic heterocycles. The third-order valence-electron chi connectivity index (χ3n) is 3.14. The fraction of sp³-hybridized carbons (Fsp3) is 0.118. The minimum absolute atomic E-state index is 0.0562. The van der Waals surface area contributed by atoms with E-state index in [1.54, 1.807) is 11.8 Å². The molecule has 0 aliphatic rings. The monoisotopic (exact) mass is 388 g/mol. The zero-order valence-corrected chi connectivity index (χ0v) is 15.9. The second-order valence-corrected chi connectivity index (χ2v) is 7.95. The molecule has 0 saturated carbocycles. The van der Waals surface area contributed by atoms with E-state index in [1.165, 1.54) is 23.1 Å². The Bertz CT molecular complexity index is 839. The van der Waals surface area contributed by atoms with Crippen molar-refractivity contribution < 1.29 is 4.79 Å². The third-order valence-corrected chi connectivity index (χ3v) is 5.91. The average Bonchev–Trinajstić information content (AvgIpc) is 3.09. The first-order valence-corrected chi connectivity index (χ1v) is 10.5. The van der Waals surface area contributed by atoms with Gasteiger partial charge in [-0.15, -0.1) is 22.0 Å². The quantitative estimate of drug-likeness (QED) is 0.570. The van der Waals surface area contributed by atoms with Gasteiger partial charge in [-0.1, -0.05) is 53.4 Å². The maximum absolute atomic E-state index is 12.2. The van der Waals surface area contributed by atoms with Crippen LogP contribution in [-0.2, 0) is 4.79 Å². The lowest BCUT2D eigenvalue weighted by molar-refractivity contribution is -0.113. The van der Waals surface area contributed by atoms with Crippen molar-refractivity contribution in [3.05, 3.63) is 54.6 Å². The fourth-order valence-electron chi connectivity index (χ4n) is 2.03. The third kappa shape index (κ3) is 5.22. The topological polar surface area (TPSA) is 66.9 Å². The Morgan fingerprint density at radius 1 is 1.08 bits per heavy atom. The lowest BCUT2D eigenvalue weighted by Gasteiger charge is -2.08. The predicted octanol–water partition coefficient (Wildman–Crippen LogP) is 4.73. The highest BCUT2D eigenvalue weighted by atomic mass is 32.2. The van der Waals surface area contributed by atoms with Crippen molar-refractivity contribution >= 4 is 57.3 Å². The second-order valence-electron chi connectivity index (χ2n) is 4.90. The van der Waals surface area contributed by atoms with Gasteiger partial charge in [-0.05, 0) is 30.5 Å². The molecule has 2 aromatic carbocycles. The van der Waals surface area contributed by atoms with Gasteiger partial charge in [0.1, 0.15) is 0 Å². The summed E-state index contributed by atoms with van der Waals surface area (Å²) in [6.45, 7) is 0. The maximum Gasteiger partial charge on any atom is 0.234 e. The molecular formula is C17H16N4OS3. The minimum atomic E-state index is -0.0562. The summed E-state index contributed by atoms with van der Waals surface area (Å²) in [7, 11) is 0. The first-order chi connectivity index (χ1) is 12.2. The molecule has 2 N–H and O–H groups in total. The number of aromatic nitrogens is 2. The second kappa shape index (κ2) is 8.89. The molecule has 25 heavy (non-hydrogen) atoms. The summed E-state index contributed by atoms with van der Waals surface area (Å²) >= 11 is 4.41. The van der Waals surface area contributed by atoms with E-state index in [0.717, 1.165) is 20.6 Å². The highest BCUT2D eigenvalue weighted by Crippen LogP contribution is 2.28. The van der Waals surface area contributed by atoms with Crippen LogP contribution in [-0.4, -0.2) is 28.1 Å². The van der Waals surface area contributed by atoms with Crippen LogP contribution in [0.2, 0.25) is 0 Å². The molecule has 0 spiro atoms. The van der Waals surface area contributed by atoms with Gasteiger partial charge in [0.05, 0.1) is 11.4 Å². The summed E-state index contributed by atoms with van der Waals surface area (Å²) < 4.78 is 0.756. The van der Waals surface area contributed by atoms with Crippen molar-refractivity contribution in [1.82, 2.24) is 10.2 Å². The van der Waals surface area contributed by atoms with Crippen molar-refractivity contribution in [3.63, 3.8) is 0 Å². The summed E-state index contributed by atoms with van der Waals surface area (Å²) in [5, 5.41) is 15.1. The molecule has 1 amide bonds. The Labute approximate surface area is 158 Å². The van der Waals surface area contributed by atoms with Crippen LogP contribution in [0.4, 0.5) is 16.5 Å². The van der Waals surface area contributed by atoms with Crippen LogP contribution >= 0.6 is 34.9 Å². The van der Waals surface area contributed by atoms with E-state index in [0.29, 0.717) is 10.9 Å². The van der Waals surface area contributed by atoms with Crippen LogP contribution in [0.25, 0.3) is 0 Å². The van der Waals surface area contributed by atoms with Gasteiger partial charge >= 0.3 is 0 Å². The Morgan fingerprint density at radius 3 is 2.64 bits per heavy atom. The summed E-state index contributed by atoms with van der Waals surface area (Å²) in [5.41, 5.74) is 1.80. The molecule has 5 nitrogen and oxygen atoms in total. The van der Waals surface area contributed by atoms with E-state index in [4.69, 9.17) is 0 Å². The number of amides is 1. The number of rotatable bonds is 7. The molecular weight excluding hydrogens is 372 g/mol. The van der Waals surface area contributed by atoms with Gasteiger partial charge in [0.15, 0.2) is 4.34 Å². The molecule has 0 bridgehead atoms. The average molecular weight is 389 g/mol. The summed E-state index contributed by atoms with van der Waals surface area (Å²) in [5.74, 6) is 0.238. The lowest BCUT2D eigenvalue weighted by atomic mass is 10.3. The standard InChI is InChI=1S/C17H16N4OS3/c1-23-14-10-6-5-9-13(14)19-15(22)11-24-17-21-20-16(25-17)18-12-7-3-2-4-8-12/h2-10H,11H2,1H3,(H,18,20)(H,19,22). The molecule has 3 aromatic rings. The molecule has 128 valence electrons. The molecule has 0 radical (unpaired) electrons. The molecule has 1 aromatic heterocycles. The predicted molar refractivity (Wildman–Crippen MR) is 107 cm³/mol. The van der Waals surface area contributed by atoms with Crippen LogP contribution < -0.4 is 10.6 Å². The number of carbonyl (C=O) groups is 1. The molecule has 0 fully saturated rings. The van der Waals surface area contributed by atoms with E-state index in [-0.39, 0.29) is 5.91 Å². The largest absolute Gasteiger partial charge is 0.330 e. The Kier molecular flexibility index (Phi) is 6.32. The number of hydrogen-bond acceptors (Lipinski definition) is 7. The van der Waals surface area contributed by atoms with Gasteiger partial charge < -0.3 is 10.6 Å². The molecule has 0 aliphatic carbocycles. The van der Waals surface area contributed by atoms with E-state index in [1.807, 2.05) is 60.9 Å². The Hall–Kier alpha value is -2.03. The number of carbonyl (C=O) groups excluding carboxylic acids is 1. The van der Waals surface area contributed by atoms with Crippen LogP contribution in [0.5, 0.6) is 0 Å². The Morgan fingerprint density at radius 2 is 1.84 bits per heavy atom. The van der Waals surface area contributed by atoms with Crippen LogP contribution in [0.3, 0.4) is 0 Å². The zero-order valence-electron chi connectivity index (χ0n) is 13.4. The number of anilines is 3. The highest BCUT2D eigenvalue weighted by Gasteiger charge is 2.10. The first-order valence-electron chi connectivity index (χ1n) is 7.46. The van der Waals surface area contributed by atoms with E-state index in [2.05, 4.69) is 20.8 Å². The molecule has 0 saturated heterocycles.